The van der Waals surface area contributed by atoms with Crippen LogP contribution in [0.1, 0.15) is 16.7 Å². The van der Waals surface area contributed by atoms with Crippen LogP contribution in [0.5, 0.6) is 11.5 Å². The minimum absolute atomic E-state index is 0.0329. The molecule has 25 heavy (non-hydrogen) atoms. The van der Waals surface area contributed by atoms with Crippen LogP contribution in [0.4, 0.5) is 5.69 Å². The molecule has 2 aromatic rings. The van der Waals surface area contributed by atoms with Gasteiger partial charge in [0.25, 0.3) is 5.91 Å². The van der Waals surface area contributed by atoms with Gasteiger partial charge in [0, 0.05) is 17.3 Å². The normalized spacial score (nSPS) is 11.7. The Kier molecular flexibility index (Phi) is 6.42. The van der Waals surface area contributed by atoms with Crippen LogP contribution in [0, 0.1) is 13.8 Å². The highest BCUT2D eigenvalue weighted by atomic mass is 16.5. The van der Waals surface area contributed by atoms with Gasteiger partial charge in [-0.25, -0.2) is 0 Å². The Morgan fingerprint density at radius 1 is 1.04 bits per heavy atom. The lowest BCUT2D eigenvalue weighted by molar-refractivity contribution is -0.885. The molecule has 1 amide bonds. The predicted octanol–water partition coefficient (Wildman–Crippen LogP) is 1.97. The third-order valence-corrected chi connectivity index (χ3v) is 4.12. The molecule has 0 fully saturated rings. The van der Waals surface area contributed by atoms with E-state index in [-0.39, 0.29) is 5.91 Å². The molecule has 0 saturated heterocycles. The average Bonchev–Trinajstić information content (AvgIpc) is 2.57. The summed E-state index contributed by atoms with van der Waals surface area (Å²) in [5, 5.41) is 2.91. The fourth-order valence-corrected chi connectivity index (χ4v) is 2.83. The molecule has 0 bridgehead atoms. The van der Waals surface area contributed by atoms with Crippen LogP contribution in [0.3, 0.4) is 0 Å². The first-order valence-corrected chi connectivity index (χ1v) is 8.32. The summed E-state index contributed by atoms with van der Waals surface area (Å²) in [5.41, 5.74) is 4.48. The van der Waals surface area contributed by atoms with Crippen LogP contribution < -0.4 is 19.7 Å². The SMILES string of the molecule is COc1ccc(NC(=O)C[NH+](C)Cc2ccc(C)cc2C)cc1OC. The molecule has 0 radical (unpaired) electrons. The third kappa shape index (κ3) is 5.22. The van der Waals surface area contributed by atoms with Gasteiger partial charge in [0.15, 0.2) is 18.0 Å². The van der Waals surface area contributed by atoms with E-state index >= 15 is 0 Å². The average molecular weight is 343 g/mol. The van der Waals surface area contributed by atoms with E-state index in [1.54, 1.807) is 32.4 Å². The van der Waals surface area contributed by atoms with Crippen molar-refractivity contribution in [3.63, 3.8) is 0 Å². The van der Waals surface area contributed by atoms with Gasteiger partial charge in [-0.1, -0.05) is 23.8 Å². The summed E-state index contributed by atoms with van der Waals surface area (Å²) in [6.07, 6.45) is 0. The lowest BCUT2D eigenvalue weighted by atomic mass is 10.1. The number of ether oxygens (including phenoxy) is 2. The number of rotatable bonds is 7. The Labute approximate surface area is 149 Å². The molecule has 5 heteroatoms. The molecule has 2 rings (SSSR count). The number of benzene rings is 2. The van der Waals surface area contributed by atoms with Gasteiger partial charge in [-0.3, -0.25) is 4.79 Å². The number of quaternary nitrogens is 1. The maximum atomic E-state index is 12.3. The third-order valence-electron chi connectivity index (χ3n) is 4.12. The molecule has 0 aliphatic heterocycles. The van der Waals surface area contributed by atoms with Crippen molar-refractivity contribution in [3.05, 3.63) is 53.1 Å². The monoisotopic (exact) mass is 343 g/mol. The van der Waals surface area contributed by atoms with E-state index in [2.05, 4.69) is 37.4 Å². The molecule has 0 aliphatic rings. The smallest absolute Gasteiger partial charge is 0.279 e. The van der Waals surface area contributed by atoms with Gasteiger partial charge < -0.3 is 19.7 Å². The van der Waals surface area contributed by atoms with E-state index in [1.807, 2.05) is 7.05 Å². The molecule has 0 heterocycles. The molecule has 0 saturated carbocycles. The standard InChI is InChI=1S/C20H26N2O3/c1-14-6-7-16(15(2)10-14)12-22(3)13-20(23)21-17-8-9-18(24-4)19(11-17)25-5/h6-11H,12-13H2,1-5H3,(H,21,23)/p+1. The lowest BCUT2D eigenvalue weighted by Crippen LogP contribution is -3.08. The van der Waals surface area contributed by atoms with Gasteiger partial charge >= 0.3 is 0 Å². The number of nitrogens with one attached hydrogen (secondary N) is 2. The zero-order chi connectivity index (χ0) is 18.4. The van der Waals surface area contributed by atoms with Gasteiger partial charge in [-0.2, -0.15) is 0 Å². The second-order valence-corrected chi connectivity index (χ2v) is 6.36. The van der Waals surface area contributed by atoms with Crippen molar-refractivity contribution >= 4 is 11.6 Å². The Hall–Kier alpha value is -2.53. The van der Waals surface area contributed by atoms with Gasteiger partial charge in [-0.15, -0.1) is 0 Å². The first-order chi connectivity index (χ1) is 11.9. The van der Waals surface area contributed by atoms with Crippen molar-refractivity contribution < 1.29 is 19.2 Å². The molecule has 0 spiro atoms. The predicted molar refractivity (Wildman–Crippen MR) is 99.5 cm³/mol. The number of anilines is 1. The number of likely N-dealkylation sites (N-methyl/N-ethyl adjacent to an activating group) is 1. The van der Waals surface area contributed by atoms with Gasteiger partial charge in [0.2, 0.25) is 0 Å². The molecule has 5 nitrogen and oxygen atoms in total. The molecule has 2 aromatic carbocycles. The summed E-state index contributed by atoms with van der Waals surface area (Å²) in [4.78, 5) is 13.4. The van der Waals surface area contributed by atoms with Crippen LogP contribution in [-0.4, -0.2) is 33.7 Å². The van der Waals surface area contributed by atoms with Crippen molar-refractivity contribution in [3.8, 4) is 11.5 Å². The number of aryl methyl sites for hydroxylation is 2. The summed E-state index contributed by atoms with van der Waals surface area (Å²) >= 11 is 0. The molecular formula is C20H27N2O3+. The first kappa shape index (κ1) is 18.8. The summed E-state index contributed by atoms with van der Waals surface area (Å²) in [5.74, 6) is 1.20. The van der Waals surface area contributed by atoms with Crippen molar-refractivity contribution in [1.29, 1.82) is 0 Å². The van der Waals surface area contributed by atoms with E-state index in [9.17, 15) is 4.79 Å². The Bertz CT molecular complexity index is 744. The summed E-state index contributed by atoms with van der Waals surface area (Å²) in [6.45, 7) is 5.40. The lowest BCUT2D eigenvalue weighted by Gasteiger charge is -2.16. The number of methoxy groups -OCH3 is 2. The highest BCUT2D eigenvalue weighted by molar-refractivity contribution is 5.91. The van der Waals surface area contributed by atoms with E-state index in [0.29, 0.717) is 23.7 Å². The zero-order valence-electron chi connectivity index (χ0n) is 15.6. The van der Waals surface area contributed by atoms with Gasteiger partial charge in [0.05, 0.1) is 21.3 Å². The maximum absolute atomic E-state index is 12.3. The molecule has 134 valence electrons. The Morgan fingerprint density at radius 2 is 1.76 bits per heavy atom. The largest absolute Gasteiger partial charge is 0.493 e. The summed E-state index contributed by atoms with van der Waals surface area (Å²) in [7, 11) is 5.18. The highest BCUT2D eigenvalue weighted by Crippen LogP contribution is 2.29. The van der Waals surface area contributed by atoms with Crippen molar-refractivity contribution in [1.82, 2.24) is 0 Å². The van der Waals surface area contributed by atoms with Crippen LogP contribution in [0.15, 0.2) is 36.4 Å². The first-order valence-electron chi connectivity index (χ1n) is 8.32. The van der Waals surface area contributed by atoms with E-state index in [0.717, 1.165) is 11.4 Å². The van der Waals surface area contributed by atoms with E-state index in [1.165, 1.54) is 16.7 Å². The highest BCUT2D eigenvalue weighted by Gasteiger charge is 2.13. The number of carbonyl (C=O) groups is 1. The van der Waals surface area contributed by atoms with Gasteiger partial charge in [0.1, 0.15) is 6.54 Å². The number of hydrogen-bond acceptors (Lipinski definition) is 3. The number of hydrogen-bond donors (Lipinski definition) is 2. The second-order valence-electron chi connectivity index (χ2n) is 6.36. The van der Waals surface area contributed by atoms with Crippen molar-refractivity contribution in [2.45, 2.75) is 20.4 Å². The van der Waals surface area contributed by atoms with Crippen LogP contribution in [-0.2, 0) is 11.3 Å². The fourth-order valence-electron chi connectivity index (χ4n) is 2.83. The molecular weight excluding hydrogens is 316 g/mol. The second kappa shape index (κ2) is 8.53. The van der Waals surface area contributed by atoms with Crippen LogP contribution >= 0.6 is 0 Å². The minimum atomic E-state index is -0.0329. The van der Waals surface area contributed by atoms with E-state index in [4.69, 9.17) is 9.47 Å². The fraction of sp³-hybridized carbons (Fsp3) is 0.350. The topological polar surface area (TPSA) is 52.0 Å². The molecule has 1 unspecified atom stereocenters. The number of carbonyl (C=O) groups excluding carboxylic acids is 1. The summed E-state index contributed by atoms with van der Waals surface area (Å²) in [6, 6.07) is 11.8. The van der Waals surface area contributed by atoms with Crippen LogP contribution in [0.25, 0.3) is 0 Å². The minimum Gasteiger partial charge on any atom is -0.493 e. The van der Waals surface area contributed by atoms with Crippen molar-refractivity contribution in [2.24, 2.45) is 0 Å². The molecule has 1 atom stereocenters. The maximum Gasteiger partial charge on any atom is 0.279 e. The van der Waals surface area contributed by atoms with Gasteiger partial charge in [-0.05, 0) is 31.5 Å². The quantitative estimate of drug-likeness (QED) is 0.808. The molecule has 0 aromatic heterocycles. The van der Waals surface area contributed by atoms with Crippen molar-refractivity contribution in [2.75, 3.05) is 33.1 Å². The number of amides is 1. The van der Waals surface area contributed by atoms with E-state index < -0.39 is 0 Å². The van der Waals surface area contributed by atoms with Crippen LogP contribution in [0.2, 0.25) is 0 Å². The Morgan fingerprint density at radius 3 is 2.40 bits per heavy atom. The molecule has 2 N–H and O–H groups in total. The Balaban J connectivity index is 1.95. The zero-order valence-corrected chi connectivity index (χ0v) is 15.6. The molecule has 0 aliphatic carbocycles. The summed E-state index contributed by atoms with van der Waals surface area (Å²) < 4.78 is 10.5.